The maximum absolute atomic E-state index is 11.2. The third kappa shape index (κ3) is 14.0. The van der Waals surface area contributed by atoms with E-state index in [1.54, 1.807) is 20.1 Å². The van der Waals surface area contributed by atoms with Gasteiger partial charge in [-0.05, 0) is 20.3 Å². The van der Waals surface area contributed by atoms with Crippen LogP contribution in [-0.4, -0.2) is 70.1 Å². The molecule has 0 fully saturated rings. The summed E-state index contributed by atoms with van der Waals surface area (Å²) in [5.74, 6) is 4.03. The van der Waals surface area contributed by atoms with Gasteiger partial charge in [-0.2, -0.15) is 0 Å². The summed E-state index contributed by atoms with van der Waals surface area (Å²) >= 11 is 0. The first-order valence-corrected chi connectivity index (χ1v) is 8.66. The summed E-state index contributed by atoms with van der Waals surface area (Å²) < 4.78 is 15.8. The zero-order valence-electron chi connectivity index (χ0n) is 16.4. The Bertz CT molecular complexity index is 401. The Kier molecular flexibility index (Phi) is 13.2. The molecular weight excluding hydrogens is 344 g/mol. The monoisotopic (exact) mass is 378 g/mol. The van der Waals surface area contributed by atoms with Gasteiger partial charge in [0, 0.05) is 11.6 Å². The van der Waals surface area contributed by atoms with Crippen LogP contribution in [0.1, 0.15) is 34.1 Å². The molecule has 0 aromatic heterocycles. The Morgan fingerprint density at radius 3 is 1.85 bits per heavy atom. The highest BCUT2D eigenvalue weighted by Gasteiger charge is 2.33. The molecule has 26 heavy (non-hydrogen) atoms. The van der Waals surface area contributed by atoms with Gasteiger partial charge in [-0.3, -0.25) is 4.79 Å². The van der Waals surface area contributed by atoms with E-state index in [9.17, 15) is 9.90 Å². The molecule has 0 rings (SSSR count). The van der Waals surface area contributed by atoms with Gasteiger partial charge < -0.3 is 29.0 Å². The van der Waals surface area contributed by atoms with E-state index in [1.165, 1.54) is 0 Å². The lowest BCUT2D eigenvalue weighted by Crippen LogP contribution is -2.31. The Labute approximate surface area is 155 Å². The number of carbonyl (C=O) groups is 1. The number of carboxylic acids is 1. The van der Waals surface area contributed by atoms with Crippen molar-refractivity contribution in [2.24, 2.45) is 21.9 Å². The molecule has 0 heterocycles. The number of rotatable bonds is 17. The van der Waals surface area contributed by atoms with Crippen LogP contribution in [0.2, 0.25) is 0 Å². The first-order valence-electron chi connectivity index (χ1n) is 8.66. The summed E-state index contributed by atoms with van der Waals surface area (Å²) in [5, 5.41) is 13.1. The van der Waals surface area contributed by atoms with E-state index < -0.39 is 11.4 Å². The molecule has 0 aliphatic heterocycles. The molecule has 154 valence electrons. The fourth-order valence-corrected chi connectivity index (χ4v) is 2.24. The average molecular weight is 378 g/mol. The molecule has 0 bridgehead atoms. The molecule has 0 spiro atoms. The van der Waals surface area contributed by atoms with E-state index in [4.69, 9.17) is 24.9 Å². The fourth-order valence-electron chi connectivity index (χ4n) is 2.24. The van der Waals surface area contributed by atoms with E-state index in [0.29, 0.717) is 59.3 Å². The zero-order valence-corrected chi connectivity index (χ0v) is 16.4. The van der Waals surface area contributed by atoms with Crippen molar-refractivity contribution >= 4 is 12.2 Å². The first-order chi connectivity index (χ1) is 12.2. The van der Waals surface area contributed by atoms with E-state index in [0.717, 1.165) is 0 Å². The highest BCUT2D eigenvalue weighted by atomic mass is 16.6. The lowest BCUT2D eigenvalue weighted by atomic mass is 9.76. The van der Waals surface area contributed by atoms with Gasteiger partial charge in [0.1, 0.15) is 6.61 Å². The minimum absolute atomic E-state index is 0.317. The minimum Gasteiger partial charge on any atom is -0.481 e. The van der Waals surface area contributed by atoms with Gasteiger partial charge in [0.25, 0.3) is 0 Å². The van der Waals surface area contributed by atoms with Crippen molar-refractivity contribution < 1.29 is 33.8 Å². The van der Waals surface area contributed by atoms with Crippen LogP contribution >= 0.6 is 0 Å². The second kappa shape index (κ2) is 13.9. The van der Waals surface area contributed by atoms with Crippen molar-refractivity contribution in [3.05, 3.63) is 0 Å². The first kappa shape index (κ1) is 24.7. The van der Waals surface area contributed by atoms with Crippen LogP contribution in [-0.2, 0) is 28.7 Å². The Morgan fingerprint density at radius 2 is 1.38 bits per heavy atom. The molecule has 0 radical (unpaired) electrons. The normalized spacial score (nSPS) is 12.7. The highest BCUT2D eigenvalue weighted by Crippen LogP contribution is 2.32. The van der Waals surface area contributed by atoms with Crippen LogP contribution in [0.15, 0.2) is 5.16 Å². The van der Waals surface area contributed by atoms with Crippen LogP contribution < -0.4 is 5.90 Å². The molecule has 0 amide bonds. The molecule has 0 aliphatic carbocycles. The van der Waals surface area contributed by atoms with Crippen molar-refractivity contribution in [3.63, 3.8) is 0 Å². The van der Waals surface area contributed by atoms with E-state index in [2.05, 4.69) is 9.99 Å². The Balaban J connectivity index is 3.59. The average Bonchev–Trinajstić information content (AvgIpc) is 2.54. The summed E-state index contributed by atoms with van der Waals surface area (Å²) in [4.78, 5) is 20.7. The van der Waals surface area contributed by atoms with Gasteiger partial charge in [0.2, 0.25) is 0 Å². The van der Waals surface area contributed by atoms with Crippen molar-refractivity contribution in [1.29, 1.82) is 0 Å². The number of ether oxygens (including phenoxy) is 3. The number of carboxylic acid groups (broad SMARTS) is 1. The minimum atomic E-state index is -0.827. The predicted octanol–water partition coefficient (Wildman–Crippen LogP) is 1.46. The van der Waals surface area contributed by atoms with E-state index in [-0.39, 0.29) is 5.41 Å². The SMILES string of the molecule is CC(C)(/C=N/OCCOCCOCCOCCON)CC(C)(C)C(=O)O. The maximum atomic E-state index is 11.2. The van der Waals surface area contributed by atoms with E-state index in [1.807, 2.05) is 13.8 Å². The summed E-state index contributed by atoms with van der Waals surface area (Å²) in [6, 6.07) is 0. The topological polar surface area (TPSA) is 122 Å². The molecule has 0 unspecified atom stereocenters. The summed E-state index contributed by atoms with van der Waals surface area (Å²) in [7, 11) is 0. The Hall–Kier alpha value is -1.26. The molecule has 0 saturated carbocycles. The second-order valence-corrected chi connectivity index (χ2v) is 7.13. The van der Waals surface area contributed by atoms with Crippen LogP contribution in [0.5, 0.6) is 0 Å². The van der Waals surface area contributed by atoms with Crippen molar-refractivity contribution in [2.45, 2.75) is 34.1 Å². The van der Waals surface area contributed by atoms with Crippen molar-refractivity contribution in [3.8, 4) is 0 Å². The number of hydrogen-bond donors (Lipinski definition) is 2. The molecule has 9 nitrogen and oxygen atoms in total. The van der Waals surface area contributed by atoms with Gasteiger partial charge in [0.05, 0.1) is 51.7 Å². The van der Waals surface area contributed by atoms with Gasteiger partial charge in [-0.25, -0.2) is 5.90 Å². The molecular formula is C17H34N2O7. The smallest absolute Gasteiger partial charge is 0.309 e. The largest absolute Gasteiger partial charge is 0.481 e. The summed E-state index contributed by atoms with van der Waals surface area (Å²) in [6.45, 7) is 10.6. The Morgan fingerprint density at radius 1 is 0.923 bits per heavy atom. The fraction of sp³-hybridized carbons (Fsp3) is 0.882. The predicted molar refractivity (Wildman–Crippen MR) is 96.9 cm³/mol. The van der Waals surface area contributed by atoms with E-state index >= 15 is 0 Å². The third-order valence-corrected chi connectivity index (χ3v) is 3.36. The third-order valence-electron chi connectivity index (χ3n) is 3.36. The van der Waals surface area contributed by atoms with Crippen molar-refractivity contribution in [2.75, 3.05) is 52.9 Å². The van der Waals surface area contributed by atoms with Crippen LogP contribution in [0.25, 0.3) is 0 Å². The molecule has 0 atom stereocenters. The number of nitrogens with two attached hydrogens (primary N) is 1. The number of oxime groups is 1. The molecule has 0 aliphatic rings. The summed E-state index contributed by atoms with van der Waals surface area (Å²) in [5.41, 5.74) is -1.20. The van der Waals surface area contributed by atoms with Crippen LogP contribution in [0.4, 0.5) is 0 Å². The van der Waals surface area contributed by atoms with Gasteiger partial charge >= 0.3 is 5.97 Å². The summed E-state index contributed by atoms with van der Waals surface area (Å²) in [6.07, 6.45) is 2.09. The highest BCUT2D eigenvalue weighted by molar-refractivity contribution is 5.75. The lowest BCUT2D eigenvalue weighted by Gasteiger charge is -2.28. The molecule has 0 aromatic carbocycles. The second-order valence-electron chi connectivity index (χ2n) is 7.13. The molecule has 3 N–H and O–H groups in total. The zero-order chi connectivity index (χ0) is 19.9. The van der Waals surface area contributed by atoms with Gasteiger partial charge in [-0.15, -0.1) is 0 Å². The van der Waals surface area contributed by atoms with Crippen molar-refractivity contribution in [1.82, 2.24) is 0 Å². The number of nitrogens with zero attached hydrogens (tertiary/aromatic N) is 1. The molecule has 0 saturated heterocycles. The van der Waals surface area contributed by atoms with Crippen LogP contribution in [0.3, 0.4) is 0 Å². The number of aliphatic carboxylic acids is 1. The van der Waals surface area contributed by atoms with Crippen LogP contribution in [0, 0.1) is 10.8 Å². The lowest BCUT2D eigenvalue weighted by molar-refractivity contribution is -0.148. The standard InChI is InChI=1S/C17H34N2O7/c1-16(2,13-17(3,4)15(20)21)14-19-26-12-10-24-8-6-22-5-7-23-9-11-25-18/h14H,5-13,18H2,1-4H3,(H,20,21)/b19-14+. The van der Waals surface area contributed by atoms with Gasteiger partial charge in [-0.1, -0.05) is 19.0 Å². The number of hydrogen-bond acceptors (Lipinski definition) is 8. The quantitative estimate of drug-likeness (QED) is 0.222. The maximum Gasteiger partial charge on any atom is 0.309 e. The molecule has 0 aromatic rings. The molecule has 9 heteroatoms. The van der Waals surface area contributed by atoms with Gasteiger partial charge in [0.15, 0.2) is 0 Å².